The van der Waals surface area contributed by atoms with Gasteiger partial charge in [-0.05, 0) is 97.1 Å². The van der Waals surface area contributed by atoms with Gasteiger partial charge in [-0.15, -0.1) is 0 Å². The molecule has 1 aromatic heterocycles. The molecule has 0 atom stereocenters. The second-order valence-electron chi connectivity index (χ2n) is 13.8. The number of nitrogens with zero attached hydrogens (tertiary/aromatic N) is 7. The number of aromatic nitrogens is 3. The SMILES string of the molecule is O=S(=O)(O)c1cc(S(=O)(=O)O)c2cc(/N=N/c3ccc(Nc4nc(O)nc(Nc5ccc(/N=N/c6cc(S(=O)(=O)O)c7cc(S(=O)(=O)O)cc(S(=O)(=O)O)c7c6)cc5)n4)cc3)cc(S(=O)(=O)O)c2c1. The molecule has 0 aliphatic heterocycles. The van der Waals surface area contributed by atoms with Crippen LogP contribution < -0.4 is 10.6 Å². The molecule has 6 aromatic carbocycles. The Labute approximate surface area is 387 Å². The number of azo groups is 2. The molecule has 0 unspecified atom stereocenters. The van der Waals surface area contributed by atoms with Gasteiger partial charge in [0.2, 0.25) is 11.9 Å². The molecule has 7 rings (SSSR count). The van der Waals surface area contributed by atoms with E-state index in [-0.39, 0.29) is 34.6 Å². The third kappa shape index (κ3) is 11.6. The summed E-state index contributed by atoms with van der Waals surface area (Å²) in [4.78, 5) is 5.22. The Kier molecular flexibility index (Phi) is 12.8. The number of anilines is 4. The van der Waals surface area contributed by atoms with Crippen molar-refractivity contribution in [2.75, 3.05) is 10.6 Å². The van der Waals surface area contributed by atoms with Crippen molar-refractivity contribution in [3.63, 3.8) is 0 Å². The van der Waals surface area contributed by atoms with Gasteiger partial charge in [-0.3, -0.25) is 27.3 Å². The van der Waals surface area contributed by atoms with Gasteiger partial charge in [0.1, 0.15) is 19.6 Å². The number of fused-ring (bicyclic) bond motifs is 2. The molecular weight excluding hydrogens is 1040 g/mol. The first-order valence-electron chi connectivity index (χ1n) is 17.9. The lowest BCUT2D eigenvalue weighted by Gasteiger charge is -2.11. The molecule has 0 amide bonds. The highest BCUT2D eigenvalue weighted by Gasteiger charge is 2.27. The molecule has 0 aliphatic carbocycles. The van der Waals surface area contributed by atoms with Crippen LogP contribution in [0.5, 0.6) is 6.01 Å². The highest BCUT2D eigenvalue weighted by atomic mass is 32.2. The van der Waals surface area contributed by atoms with Crippen molar-refractivity contribution in [2.45, 2.75) is 29.4 Å². The quantitative estimate of drug-likeness (QED) is 0.0467. The molecule has 9 N–H and O–H groups in total. The molecule has 0 aliphatic rings. The van der Waals surface area contributed by atoms with Gasteiger partial charge in [0.05, 0.1) is 32.5 Å². The third-order valence-electron chi connectivity index (χ3n) is 9.04. The van der Waals surface area contributed by atoms with Crippen LogP contribution in [-0.2, 0) is 60.7 Å². The monoisotopic (exact) mass is 1070 g/mol. The fourth-order valence-corrected chi connectivity index (χ4v) is 10.3. The van der Waals surface area contributed by atoms with Crippen LogP contribution in [0.15, 0.2) is 147 Å². The summed E-state index contributed by atoms with van der Waals surface area (Å²) in [6.45, 7) is 0. The predicted molar refractivity (Wildman–Crippen MR) is 236 cm³/mol. The van der Waals surface area contributed by atoms with Gasteiger partial charge < -0.3 is 15.7 Å². The lowest BCUT2D eigenvalue weighted by atomic mass is 10.1. The first-order chi connectivity index (χ1) is 31.8. The summed E-state index contributed by atoms with van der Waals surface area (Å²) in [6, 6.07) is 15.7. The number of aromatic hydroxyl groups is 1. The van der Waals surface area contributed by atoms with Crippen molar-refractivity contribution in [3.8, 4) is 6.01 Å². The summed E-state index contributed by atoms with van der Waals surface area (Å²) in [7, 11) is -31.2. The van der Waals surface area contributed by atoms with Gasteiger partial charge in [0, 0.05) is 32.9 Å². The van der Waals surface area contributed by atoms with Gasteiger partial charge in [-0.1, -0.05) is 0 Å². The molecule has 0 spiro atoms. The van der Waals surface area contributed by atoms with Crippen molar-refractivity contribution < 1.29 is 82.9 Å². The van der Waals surface area contributed by atoms with Gasteiger partial charge >= 0.3 is 6.01 Å². The van der Waals surface area contributed by atoms with Crippen molar-refractivity contribution in [1.29, 1.82) is 0 Å². The van der Waals surface area contributed by atoms with Crippen LogP contribution in [0.3, 0.4) is 0 Å². The Morgan fingerprint density at radius 1 is 0.348 bits per heavy atom. The molecule has 7 aromatic rings. The van der Waals surface area contributed by atoms with E-state index >= 15 is 0 Å². The van der Waals surface area contributed by atoms with Crippen molar-refractivity contribution in [3.05, 3.63) is 97.1 Å². The number of rotatable bonds is 14. The van der Waals surface area contributed by atoms with Crippen molar-refractivity contribution >= 4 is 128 Å². The summed E-state index contributed by atoms with van der Waals surface area (Å²) in [6.07, 6.45) is 0. The summed E-state index contributed by atoms with van der Waals surface area (Å²) >= 11 is 0. The van der Waals surface area contributed by atoms with Crippen LogP contribution in [-0.4, -0.2) is 97.9 Å². The fourth-order valence-electron chi connectivity index (χ4n) is 6.17. The van der Waals surface area contributed by atoms with E-state index in [2.05, 4.69) is 46.0 Å². The Balaban J connectivity index is 1.08. The van der Waals surface area contributed by atoms with E-state index in [1.54, 1.807) is 0 Å². The molecule has 360 valence electrons. The number of hydrogen-bond donors (Lipinski definition) is 9. The zero-order valence-electron chi connectivity index (χ0n) is 33.3. The Morgan fingerprint density at radius 2 is 0.638 bits per heavy atom. The van der Waals surface area contributed by atoms with Gasteiger partial charge in [-0.25, -0.2) is 0 Å². The smallest absolute Gasteiger partial charge is 0.320 e. The summed E-state index contributed by atoms with van der Waals surface area (Å²) < 4.78 is 203. The zero-order chi connectivity index (χ0) is 50.6. The van der Waals surface area contributed by atoms with E-state index in [1.807, 2.05) is 0 Å². The summed E-state index contributed by atoms with van der Waals surface area (Å²) in [5, 5.41) is 28.8. The Hall–Kier alpha value is -7.09. The van der Waals surface area contributed by atoms with E-state index < -0.39 is 118 Å². The third-order valence-corrected chi connectivity index (χ3v) is 14.3. The average molecular weight is 1070 g/mol. The second kappa shape index (κ2) is 17.8. The normalized spacial score (nSPS) is 13.1. The summed E-state index contributed by atoms with van der Waals surface area (Å²) in [5.74, 6) is -0.368. The van der Waals surface area contributed by atoms with E-state index in [4.69, 9.17) is 0 Å². The minimum absolute atomic E-state index is 0.109. The minimum Gasteiger partial charge on any atom is -0.479 e. The van der Waals surface area contributed by atoms with Crippen molar-refractivity contribution in [1.82, 2.24) is 15.0 Å². The highest BCUT2D eigenvalue weighted by molar-refractivity contribution is 7.88. The Bertz CT molecular complexity index is 3810. The number of benzene rings is 6. The van der Waals surface area contributed by atoms with Crippen LogP contribution >= 0.6 is 0 Å². The van der Waals surface area contributed by atoms with Crippen LogP contribution in [0.2, 0.25) is 0 Å². The number of nitrogens with one attached hydrogen (secondary N) is 2. The van der Waals surface area contributed by atoms with Crippen LogP contribution in [0, 0.1) is 0 Å². The first kappa shape index (κ1) is 49.8. The lowest BCUT2D eigenvalue weighted by Crippen LogP contribution is -2.07. The average Bonchev–Trinajstić information content (AvgIpc) is 3.22. The summed E-state index contributed by atoms with van der Waals surface area (Å²) in [5.41, 5.74) is 0.0530. The maximum absolute atomic E-state index is 12.3. The molecule has 0 saturated carbocycles. The fraction of sp³-hybridized carbons (Fsp3) is 0. The molecule has 69 heavy (non-hydrogen) atoms. The van der Waals surface area contributed by atoms with Crippen LogP contribution in [0.1, 0.15) is 0 Å². The van der Waals surface area contributed by atoms with Crippen molar-refractivity contribution in [2.24, 2.45) is 20.5 Å². The topological polar surface area (TPSA) is 459 Å². The molecule has 28 nitrogen and oxygen atoms in total. The molecule has 0 saturated heterocycles. The number of hydrogen-bond acceptors (Lipinski definition) is 22. The standard InChI is InChI=1S/C35H25N9O19S6/c45-35-39-33(36-17-1-5-19(6-2-17)41-43-21-9-25-27(29(11-21)66(52,53)54)13-23(64(46,47)48)15-31(25)68(58,59)60)38-34(40-35)37-18-3-7-20(8-4-18)42-44-22-10-26-28(30(12-22)67(55,56)57)14-24(65(49,50)51)16-32(26)69(61,62)63/h1-16H,(H,46,47,48)(H,49,50,51)(H,52,53,54)(H,55,56,57)(H,58,59,60)(H,61,62,63)(H3,36,37,38,39,40,45)/b43-41+,44-42+. The molecule has 0 bridgehead atoms. The molecule has 34 heteroatoms. The zero-order valence-corrected chi connectivity index (χ0v) is 38.2. The van der Waals surface area contributed by atoms with Gasteiger partial charge in [-0.2, -0.15) is 85.9 Å². The van der Waals surface area contributed by atoms with E-state index in [0.717, 1.165) is 24.3 Å². The highest BCUT2D eigenvalue weighted by Crippen LogP contribution is 2.38. The molecular formula is C35H25N9O19S6. The largest absolute Gasteiger partial charge is 0.479 e. The minimum atomic E-state index is -5.26. The van der Waals surface area contributed by atoms with E-state index in [0.29, 0.717) is 35.6 Å². The molecule has 0 radical (unpaired) electrons. The van der Waals surface area contributed by atoms with E-state index in [1.165, 1.54) is 48.5 Å². The van der Waals surface area contributed by atoms with E-state index in [9.17, 15) is 82.9 Å². The maximum Gasteiger partial charge on any atom is 0.320 e. The lowest BCUT2D eigenvalue weighted by molar-refractivity contribution is 0.430. The Morgan fingerprint density at radius 3 is 0.942 bits per heavy atom. The second-order valence-corrected chi connectivity index (χ2v) is 22.2. The van der Waals surface area contributed by atoms with Crippen LogP contribution in [0.25, 0.3) is 21.5 Å². The predicted octanol–water partition coefficient (Wildman–Crippen LogP) is 5.68. The maximum atomic E-state index is 12.3. The van der Waals surface area contributed by atoms with Crippen LogP contribution in [0.4, 0.5) is 46.0 Å². The molecule has 0 fully saturated rings. The molecule has 1 heterocycles. The van der Waals surface area contributed by atoms with Gasteiger partial charge in [0.25, 0.3) is 60.7 Å². The first-order valence-corrected chi connectivity index (χ1v) is 26.6. The van der Waals surface area contributed by atoms with Gasteiger partial charge in [0.15, 0.2) is 0 Å².